The van der Waals surface area contributed by atoms with Crippen LogP contribution in [0.15, 0.2) is 42.5 Å². The van der Waals surface area contributed by atoms with Crippen LogP contribution in [-0.2, 0) is 9.59 Å². The van der Waals surface area contributed by atoms with Gasteiger partial charge in [0.2, 0.25) is 0 Å². The highest BCUT2D eigenvalue weighted by atomic mass is 35.5. The van der Waals surface area contributed by atoms with Gasteiger partial charge < -0.3 is 21.3 Å². The molecule has 0 aliphatic carbocycles. The molecule has 2 aromatic rings. The smallest absolute Gasteiger partial charge is 0.314 e. The summed E-state index contributed by atoms with van der Waals surface area (Å²) in [5, 5.41) is 5.30. The minimum absolute atomic E-state index is 0.308. The lowest BCUT2D eigenvalue weighted by atomic mass is 10.2. The first-order valence-electron chi connectivity index (χ1n) is 6.81. The summed E-state index contributed by atoms with van der Waals surface area (Å²) in [6, 6.07) is 11.7. The highest BCUT2D eigenvalue weighted by Gasteiger charge is 2.14. The van der Waals surface area contributed by atoms with E-state index in [0.29, 0.717) is 22.1 Å². The van der Waals surface area contributed by atoms with Gasteiger partial charge in [0.05, 0.1) is 10.7 Å². The third-order valence-corrected chi connectivity index (χ3v) is 3.43. The fraction of sp³-hybridized carbons (Fsp3) is 0.125. The summed E-state index contributed by atoms with van der Waals surface area (Å²) in [6.45, 7) is 0. The summed E-state index contributed by atoms with van der Waals surface area (Å²) in [6.07, 6.45) is 0. The number of nitrogen functional groups attached to an aromatic ring is 1. The molecule has 0 saturated carbocycles. The summed E-state index contributed by atoms with van der Waals surface area (Å²) in [7, 11) is 3.83. The Kier molecular flexibility index (Phi) is 5.08. The standard InChI is InChI=1S/C16H17ClN4O2/c1-21(2)12-6-3-10(4-7-12)19-15(22)16(23)20-11-5-8-14(18)13(17)9-11/h3-9H,18H2,1-2H3,(H,19,22)(H,20,23). The van der Waals surface area contributed by atoms with E-state index in [0.717, 1.165) is 5.69 Å². The number of nitrogens with zero attached hydrogens (tertiary/aromatic N) is 1. The average Bonchev–Trinajstić information content (AvgIpc) is 2.51. The molecule has 0 spiro atoms. The van der Waals surface area contributed by atoms with Crippen LogP contribution in [0.1, 0.15) is 0 Å². The predicted octanol–water partition coefficient (Wildman–Crippen LogP) is 2.57. The third-order valence-electron chi connectivity index (χ3n) is 3.11. The molecule has 4 N–H and O–H groups in total. The van der Waals surface area contributed by atoms with Crippen LogP contribution in [-0.4, -0.2) is 25.9 Å². The van der Waals surface area contributed by atoms with Crippen LogP contribution in [0.2, 0.25) is 5.02 Å². The fourth-order valence-electron chi connectivity index (χ4n) is 1.82. The molecule has 2 rings (SSSR count). The van der Waals surface area contributed by atoms with Gasteiger partial charge in [-0.05, 0) is 42.5 Å². The zero-order chi connectivity index (χ0) is 17.0. The highest BCUT2D eigenvalue weighted by Crippen LogP contribution is 2.22. The second-order valence-electron chi connectivity index (χ2n) is 5.09. The predicted molar refractivity (Wildman–Crippen MR) is 93.9 cm³/mol. The Morgan fingerprint density at radius 3 is 2.00 bits per heavy atom. The van der Waals surface area contributed by atoms with Gasteiger partial charge in [-0.3, -0.25) is 9.59 Å². The molecule has 0 aliphatic rings. The summed E-state index contributed by atoms with van der Waals surface area (Å²) < 4.78 is 0. The topological polar surface area (TPSA) is 87.5 Å². The molecule has 0 saturated heterocycles. The Labute approximate surface area is 139 Å². The fourth-order valence-corrected chi connectivity index (χ4v) is 2.00. The number of carbonyl (C=O) groups is 2. The van der Waals surface area contributed by atoms with E-state index in [2.05, 4.69) is 10.6 Å². The van der Waals surface area contributed by atoms with Gasteiger partial charge in [0, 0.05) is 31.2 Å². The van der Waals surface area contributed by atoms with Gasteiger partial charge in [-0.1, -0.05) is 11.6 Å². The molecular weight excluding hydrogens is 316 g/mol. The Morgan fingerprint density at radius 2 is 1.48 bits per heavy atom. The monoisotopic (exact) mass is 332 g/mol. The van der Waals surface area contributed by atoms with Crippen molar-refractivity contribution in [2.24, 2.45) is 0 Å². The number of halogens is 1. The molecule has 2 aromatic carbocycles. The zero-order valence-corrected chi connectivity index (χ0v) is 13.5. The number of nitrogens with two attached hydrogens (primary N) is 1. The van der Waals surface area contributed by atoms with Crippen molar-refractivity contribution in [1.82, 2.24) is 0 Å². The minimum atomic E-state index is -0.789. The van der Waals surface area contributed by atoms with Gasteiger partial charge in [0.25, 0.3) is 0 Å². The number of rotatable bonds is 3. The van der Waals surface area contributed by atoms with Crippen LogP contribution in [0.3, 0.4) is 0 Å². The first-order chi connectivity index (χ1) is 10.9. The lowest BCUT2D eigenvalue weighted by molar-refractivity contribution is -0.132. The Hall–Kier alpha value is -2.73. The van der Waals surface area contributed by atoms with Crippen LogP contribution in [0.5, 0.6) is 0 Å². The maximum absolute atomic E-state index is 11.9. The van der Waals surface area contributed by atoms with Crippen LogP contribution in [0.25, 0.3) is 0 Å². The number of anilines is 4. The van der Waals surface area contributed by atoms with Crippen LogP contribution >= 0.6 is 11.6 Å². The van der Waals surface area contributed by atoms with Gasteiger partial charge in [-0.2, -0.15) is 0 Å². The SMILES string of the molecule is CN(C)c1ccc(NC(=O)C(=O)Nc2ccc(N)c(Cl)c2)cc1. The van der Waals surface area contributed by atoms with Crippen molar-refractivity contribution in [2.45, 2.75) is 0 Å². The van der Waals surface area contributed by atoms with E-state index in [1.165, 1.54) is 6.07 Å². The van der Waals surface area contributed by atoms with Crippen molar-refractivity contribution in [1.29, 1.82) is 0 Å². The minimum Gasteiger partial charge on any atom is -0.398 e. The Balaban J connectivity index is 1.99. The molecule has 0 radical (unpaired) electrons. The van der Waals surface area contributed by atoms with E-state index in [1.54, 1.807) is 24.3 Å². The first-order valence-corrected chi connectivity index (χ1v) is 7.19. The number of nitrogens with one attached hydrogen (secondary N) is 2. The van der Waals surface area contributed by atoms with Crippen LogP contribution in [0, 0.1) is 0 Å². The number of hydrogen-bond donors (Lipinski definition) is 3. The van der Waals surface area contributed by atoms with E-state index in [4.69, 9.17) is 17.3 Å². The van der Waals surface area contributed by atoms with Crippen molar-refractivity contribution < 1.29 is 9.59 Å². The van der Waals surface area contributed by atoms with Gasteiger partial charge in [0.1, 0.15) is 0 Å². The molecule has 2 amide bonds. The molecule has 0 unspecified atom stereocenters. The third kappa shape index (κ3) is 4.37. The van der Waals surface area contributed by atoms with Gasteiger partial charge >= 0.3 is 11.8 Å². The largest absolute Gasteiger partial charge is 0.398 e. The molecule has 120 valence electrons. The van der Waals surface area contributed by atoms with Crippen molar-refractivity contribution in [3.8, 4) is 0 Å². The summed E-state index contributed by atoms with van der Waals surface area (Å²) >= 11 is 5.87. The first kappa shape index (κ1) is 16.6. The van der Waals surface area contributed by atoms with Gasteiger partial charge in [0.15, 0.2) is 0 Å². The average molecular weight is 333 g/mol. The van der Waals surface area contributed by atoms with Crippen molar-refractivity contribution in [2.75, 3.05) is 35.4 Å². The van der Waals surface area contributed by atoms with E-state index in [9.17, 15) is 9.59 Å². The molecule has 0 aliphatic heterocycles. The zero-order valence-electron chi connectivity index (χ0n) is 12.8. The molecule has 6 nitrogen and oxygen atoms in total. The van der Waals surface area contributed by atoms with Gasteiger partial charge in [-0.25, -0.2) is 0 Å². The molecule has 23 heavy (non-hydrogen) atoms. The quantitative estimate of drug-likeness (QED) is 0.595. The maximum Gasteiger partial charge on any atom is 0.314 e. The van der Waals surface area contributed by atoms with Gasteiger partial charge in [-0.15, -0.1) is 0 Å². The number of amides is 2. The number of benzene rings is 2. The van der Waals surface area contributed by atoms with Crippen LogP contribution in [0.4, 0.5) is 22.7 Å². The van der Waals surface area contributed by atoms with Crippen molar-refractivity contribution in [3.05, 3.63) is 47.5 Å². The van der Waals surface area contributed by atoms with E-state index >= 15 is 0 Å². The lowest BCUT2D eigenvalue weighted by Crippen LogP contribution is -2.29. The number of hydrogen-bond acceptors (Lipinski definition) is 4. The van der Waals surface area contributed by atoms with Crippen molar-refractivity contribution >= 4 is 46.2 Å². The summed E-state index contributed by atoms with van der Waals surface area (Å²) in [5.41, 5.74) is 7.90. The second-order valence-corrected chi connectivity index (χ2v) is 5.49. The molecular formula is C16H17ClN4O2. The Bertz CT molecular complexity index is 729. The van der Waals surface area contributed by atoms with E-state index < -0.39 is 11.8 Å². The van der Waals surface area contributed by atoms with Crippen LogP contribution < -0.4 is 21.3 Å². The lowest BCUT2D eigenvalue weighted by Gasteiger charge is -2.13. The van der Waals surface area contributed by atoms with E-state index in [-0.39, 0.29) is 0 Å². The summed E-state index contributed by atoms with van der Waals surface area (Å²) in [5.74, 6) is -1.56. The number of carbonyl (C=O) groups excluding carboxylic acids is 2. The highest BCUT2D eigenvalue weighted by molar-refractivity contribution is 6.43. The molecule has 0 bridgehead atoms. The molecule has 0 heterocycles. The molecule has 0 atom stereocenters. The second kappa shape index (κ2) is 7.02. The van der Waals surface area contributed by atoms with Crippen molar-refractivity contribution in [3.63, 3.8) is 0 Å². The normalized spacial score (nSPS) is 10.0. The molecule has 0 aromatic heterocycles. The summed E-state index contributed by atoms with van der Waals surface area (Å²) in [4.78, 5) is 25.7. The molecule has 0 fully saturated rings. The maximum atomic E-state index is 11.9. The molecule has 7 heteroatoms. The Morgan fingerprint density at radius 1 is 0.957 bits per heavy atom. The van der Waals surface area contributed by atoms with E-state index in [1.807, 2.05) is 31.1 Å².